The van der Waals surface area contributed by atoms with Crippen molar-refractivity contribution in [2.75, 3.05) is 34.0 Å². The minimum absolute atomic E-state index is 0.320. The van der Waals surface area contributed by atoms with E-state index in [-0.39, 0.29) is 0 Å². The van der Waals surface area contributed by atoms with Crippen LogP contribution in [-0.2, 0) is 22.9 Å². The molecule has 0 spiro atoms. The van der Waals surface area contributed by atoms with Gasteiger partial charge in [0.2, 0.25) is 0 Å². The molecule has 1 heterocycles. The van der Waals surface area contributed by atoms with Gasteiger partial charge in [0.15, 0.2) is 0 Å². The van der Waals surface area contributed by atoms with Gasteiger partial charge in [0, 0.05) is 26.4 Å². The van der Waals surface area contributed by atoms with E-state index in [0.29, 0.717) is 25.9 Å². The first kappa shape index (κ1) is 13.2. The molecule has 0 radical (unpaired) electrons. The van der Waals surface area contributed by atoms with Gasteiger partial charge in [-0.25, -0.2) is 0 Å². The normalized spacial score (nSPS) is 12.9. The Morgan fingerprint density at radius 2 is 2.31 bits per heavy atom. The summed E-state index contributed by atoms with van der Waals surface area (Å²) in [6, 6.07) is 0.320. The highest BCUT2D eigenvalue weighted by Crippen LogP contribution is 2.02. The number of hydrogen-bond acceptors (Lipinski definition) is 4. The van der Waals surface area contributed by atoms with Crippen LogP contribution in [0.25, 0.3) is 0 Å². The molecule has 0 aliphatic heterocycles. The lowest BCUT2D eigenvalue weighted by atomic mass is 10.1. The van der Waals surface area contributed by atoms with Crippen molar-refractivity contribution < 1.29 is 9.47 Å². The Morgan fingerprint density at radius 1 is 1.50 bits per heavy atom. The fourth-order valence-corrected chi connectivity index (χ4v) is 1.47. The number of likely N-dealkylation sites (N-methyl/N-ethyl adjacent to an activating group) is 1. The van der Waals surface area contributed by atoms with Gasteiger partial charge in [-0.15, -0.1) is 0 Å². The molecule has 1 rings (SSSR count). The third-order valence-corrected chi connectivity index (χ3v) is 2.40. The summed E-state index contributed by atoms with van der Waals surface area (Å²) in [5.74, 6) is 0. The third-order valence-electron chi connectivity index (χ3n) is 2.40. The van der Waals surface area contributed by atoms with E-state index < -0.39 is 0 Å². The lowest BCUT2D eigenvalue weighted by molar-refractivity contribution is 0.0598. The van der Waals surface area contributed by atoms with Gasteiger partial charge in [-0.05, 0) is 19.0 Å². The molecule has 0 fully saturated rings. The van der Waals surface area contributed by atoms with E-state index in [4.69, 9.17) is 9.47 Å². The van der Waals surface area contributed by atoms with Crippen LogP contribution in [-0.4, -0.2) is 49.8 Å². The molecule has 16 heavy (non-hydrogen) atoms. The minimum Gasteiger partial charge on any atom is -0.382 e. The van der Waals surface area contributed by atoms with Gasteiger partial charge in [-0.2, -0.15) is 5.10 Å². The fourth-order valence-electron chi connectivity index (χ4n) is 1.47. The maximum absolute atomic E-state index is 5.49. The van der Waals surface area contributed by atoms with Crippen LogP contribution >= 0.6 is 0 Å². The summed E-state index contributed by atoms with van der Waals surface area (Å²) in [5.41, 5.74) is 1.22. The van der Waals surface area contributed by atoms with Crippen molar-refractivity contribution in [2.45, 2.75) is 12.5 Å². The molecular formula is C11H21N3O2. The number of nitrogens with zero attached hydrogens (tertiary/aromatic N) is 2. The third kappa shape index (κ3) is 4.74. The average Bonchev–Trinajstić information content (AvgIpc) is 2.68. The van der Waals surface area contributed by atoms with Gasteiger partial charge in [-0.1, -0.05) is 0 Å². The van der Waals surface area contributed by atoms with Crippen molar-refractivity contribution in [2.24, 2.45) is 7.05 Å². The number of hydrogen-bond donors (Lipinski definition) is 1. The minimum atomic E-state index is 0.320. The molecule has 0 aliphatic rings. The molecule has 0 saturated heterocycles. The van der Waals surface area contributed by atoms with Crippen molar-refractivity contribution >= 4 is 0 Å². The van der Waals surface area contributed by atoms with Crippen molar-refractivity contribution in [1.29, 1.82) is 0 Å². The number of aromatic nitrogens is 2. The Labute approximate surface area is 96.7 Å². The molecule has 1 aromatic rings. The Hall–Kier alpha value is -0.910. The molecule has 5 nitrogen and oxygen atoms in total. The molecule has 1 atom stereocenters. The Bertz CT molecular complexity index is 289. The number of nitrogens with one attached hydrogen (secondary N) is 1. The molecule has 5 heteroatoms. The topological polar surface area (TPSA) is 48.3 Å². The number of methoxy groups -OCH3 is 1. The van der Waals surface area contributed by atoms with Crippen LogP contribution in [0.5, 0.6) is 0 Å². The molecule has 0 aliphatic carbocycles. The zero-order valence-corrected chi connectivity index (χ0v) is 10.3. The number of rotatable bonds is 8. The average molecular weight is 227 g/mol. The maximum atomic E-state index is 5.49. The summed E-state index contributed by atoms with van der Waals surface area (Å²) < 4.78 is 12.2. The lowest BCUT2D eigenvalue weighted by Crippen LogP contribution is -2.32. The SMILES string of the molecule is CNC(COCCOC)Cc1cnn(C)c1. The second-order valence-corrected chi connectivity index (χ2v) is 3.78. The summed E-state index contributed by atoms with van der Waals surface area (Å²) in [5, 5.41) is 7.38. The van der Waals surface area contributed by atoms with Crippen LogP contribution in [0.3, 0.4) is 0 Å². The molecule has 0 amide bonds. The van der Waals surface area contributed by atoms with E-state index >= 15 is 0 Å². The van der Waals surface area contributed by atoms with Crippen molar-refractivity contribution in [3.05, 3.63) is 18.0 Å². The molecule has 0 saturated carbocycles. The quantitative estimate of drug-likeness (QED) is 0.645. The van der Waals surface area contributed by atoms with Gasteiger partial charge in [0.25, 0.3) is 0 Å². The predicted molar refractivity (Wildman–Crippen MR) is 62.5 cm³/mol. The van der Waals surface area contributed by atoms with Crippen LogP contribution in [0.1, 0.15) is 5.56 Å². The number of ether oxygens (including phenoxy) is 2. The predicted octanol–water partition coefficient (Wildman–Crippen LogP) is 0.214. The molecule has 1 aromatic heterocycles. The van der Waals surface area contributed by atoms with Crippen LogP contribution < -0.4 is 5.32 Å². The summed E-state index contributed by atoms with van der Waals surface area (Å²) in [6.07, 6.45) is 4.84. The second kappa shape index (κ2) is 7.38. The first-order chi connectivity index (χ1) is 7.76. The van der Waals surface area contributed by atoms with Crippen LogP contribution in [0, 0.1) is 0 Å². The summed E-state index contributed by atoms with van der Waals surface area (Å²) in [7, 11) is 5.54. The van der Waals surface area contributed by atoms with E-state index in [0.717, 1.165) is 6.42 Å². The summed E-state index contributed by atoms with van der Waals surface area (Å²) in [6.45, 7) is 1.97. The van der Waals surface area contributed by atoms with Gasteiger partial charge in [0.05, 0.1) is 26.0 Å². The van der Waals surface area contributed by atoms with Gasteiger partial charge in [-0.3, -0.25) is 4.68 Å². The second-order valence-electron chi connectivity index (χ2n) is 3.78. The van der Waals surface area contributed by atoms with Crippen LogP contribution in [0.4, 0.5) is 0 Å². The van der Waals surface area contributed by atoms with Crippen LogP contribution in [0.2, 0.25) is 0 Å². The molecule has 0 bridgehead atoms. The highest BCUT2D eigenvalue weighted by molar-refractivity contribution is 5.05. The zero-order valence-electron chi connectivity index (χ0n) is 10.3. The molecule has 1 N–H and O–H groups in total. The Morgan fingerprint density at radius 3 is 2.88 bits per heavy atom. The van der Waals surface area contributed by atoms with E-state index in [1.807, 2.05) is 31.2 Å². The smallest absolute Gasteiger partial charge is 0.0701 e. The summed E-state index contributed by atoms with van der Waals surface area (Å²) >= 11 is 0. The van der Waals surface area contributed by atoms with Gasteiger partial charge in [0.1, 0.15) is 0 Å². The van der Waals surface area contributed by atoms with E-state index in [2.05, 4.69) is 10.4 Å². The maximum Gasteiger partial charge on any atom is 0.0701 e. The highest BCUT2D eigenvalue weighted by Gasteiger charge is 2.08. The zero-order chi connectivity index (χ0) is 11.8. The first-order valence-corrected chi connectivity index (χ1v) is 5.47. The number of aryl methyl sites for hydroxylation is 1. The largest absolute Gasteiger partial charge is 0.382 e. The molecular weight excluding hydrogens is 206 g/mol. The monoisotopic (exact) mass is 227 g/mol. The Balaban J connectivity index is 2.26. The molecule has 1 unspecified atom stereocenters. The van der Waals surface area contributed by atoms with Crippen molar-refractivity contribution in [3.63, 3.8) is 0 Å². The van der Waals surface area contributed by atoms with Crippen molar-refractivity contribution in [1.82, 2.24) is 15.1 Å². The summed E-state index contributed by atoms with van der Waals surface area (Å²) in [4.78, 5) is 0. The van der Waals surface area contributed by atoms with E-state index in [9.17, 15) is 0 Å². The highest BCUT2D eigenvalue weighted by atomic mass is 16.5. The van der Waals surface area contributed by atoms with Gasteiger partial charge < -0.3 is 14.8 Å². The van der Waals surface area contributed by atoms with E-state index in [1.165, 1.54) is 5.56 Å². The first-order valence-electron chi connectivity index (χ1n) is 5.47. The lowest BCUT2D eigenvalue weighted by Gasteiger charge is -2.15. The standard InChI is InChI=1S/C11H21N3O2/c1-12-11(9-16-5-4-15-3)6-10-7-13-14(2)8-10/h7-8,11-12H,4-6,9H2,1-3H3. The molecule has 0 aromatic carbocycles. The van der Waals surface area contributed by atoms with Crippen molar-refractivity contribution in [3.8, 4) is 0 Å². The van der Waals surface area contributed by atoms with E-state index in [1.54, 1.807) is 7.11 Å². The van der Waals surface area contributed by atoms with Gasteiger partial charge >= 0.3 is 0 Å². The fraction of sp³-hybridized carbons (Fsp3) is 0.727. The molecule has 92 valence electrons. The van der Waals surface area contributed by atoms with Crippen LogP contribution in [0.15, 0.2) is 12.4 Å². The Kier molecular flexibility index (Phi) is 6.07.